The van der Waals surface area contributed by atoms with E-state index in [0.717, 1.165) is 25.8 Å². The predicted octanol–water partition coefficient (Wildman–Crippen LogP) is 4.37. The van der Waals surface area contributed by atoms with Crippen LogP contribution in [0, 0.1) is 0 Å². The SMILES string of the molecule is C[C@H](c1ccccc1)N(Cc1ccccc1)[C@@H]1CCCC1=O. The van der Waals surface area contributed by atoms with E-state index in [-0.39, 0.29) is 12.1 Å². The van der Waals surface area contributed by atoms with Crippen LogP contribution in [0.25, 0.3) is 0 Å². The average molecular weight is 293 g/mol. The van der Waals surface area contributed by atoms with Crippen LogP contribution in [0.15, 0.2) is 60.7 Å². The highest BCUT2D eigenvalue weighted by molar-refractivity contribution is 5.86. The van der Waals surface area contributed by atoms with Crippen molar-refractivity contribution in [1.29, 1.82) is 0 Å². The summed E-state index contributed by atoms with van der Waals surface area (Å²) in [6.45, 7) is 3.04. The molecule has 0 saturated heterocycles. The zero-order chi connectivity index (χ0) is 15.4. The molecule has 0 bridgehead atoms. The molecule has 0 N–H and O–H groups in total. The Balaban J connectivity index is 1.87. The Kier molecular flexibility index (Phi) is 4.69. The van der Waals surface area contributed by atoms with Crippen LogP contribution in [-0.4, -0.2) is 16.7 Å². The van der Waals surface area contributed by atoms with Crippen molar-refractivity contribution in [2.75, 3.05) is 0 Å². The Morgan fingerprint density at radius 3 is 2.27 bits per heavy atom. The van der Waals surface area contributed by atoms with Gasteiger partial charge in [-0.05, 0) is 30.9 Å². The van der Waals surface area contributed by atoms with Gasteiger partial charge < -0.3 is 0 Å². The minimum absolute atomic E-state index is 0.0652. The third-order valence-electron chi connectivity index (χ3n) is 4.66. The number of carbonyl (C=O) groups is 1. The second-order valence-electron chi connectivity index (χ2n) is 6.12. The van der Waals surface area contributed by atoms with Gasteiger partial charge in [0.1, 0.15) is 5.78 Å². The highest BCUT2D eigenvalue weighted by atomic mass is 16.1. The maximum atomic E-state index is 12.3. The number of ketones is 1. The van der Waals surface area contributed by atoms with E-state index >= 15 is 0 Å². The van der Waals surface area contributed by atoms with E-state index < -0.39 is 0 Å². The summed E-state index contributed by atoms with van der Waals surface area (Å²) >= 11 is 0. The monoisotopic (exact) mass is 293 g/mol. The van der Waals surface area contributed by atoms with Crippen LogP contribution < -0.4 is 0 Å². The first kappa shape index (κ1) is 15.0. The van der Waals surface area contributed by atoms with Gasteiger partial charge in [0.2, 0.25) is 0 Å². The fraction of sp³-hybridized carbons (Fsp3) is 0.350. The van der Waals surface area contributed by atoms with E-state index in [0.29, 0.717) is 5.78 Å². The van der Waals surface area contributed by atoms with Gasteiger partial charge in [-0.15, -0.1) is 0 Å². The molecule has 2 atom stereocenters. The molecule has 0 heterocycles. The molecule has 114 valence electrons. The smallest absolute Gasteiger partial charge is 0.149 e. The summed E-state index contributed by atoms with van der Waals surface area (Å²) < 4.78 is 0. The summed E-state index contributed by atoms with van der Waals surface area (Å²) in [6, 6.07) is 21.3. The van der Waals surface area contributed by atoms with Crippen molar-refractivity contribution in [3.05, 3.63) is 71.8 Å². The number of hydrogen-bond donors (Lipinski definition) is 0. The molecule has 0 spiro atoms. The average Bonchev–Trinajstić information content (AvgIpc) is 3.00. The van der Waals surface area contributed by atoms with Crippen LogP contribution >= 0.6 is 0 Å². The molecule has 2 heteroatoms. The zero-order valence-corrected chi connectivity index (χ0v) is 13.1. The first-order valence-electron chi connectivity index (χ1n) is 8.13. The molecular weight excluding hydrogens is 270 g/mol. The van der Waals surface area contributed by atoms with Gasteiger partial charge in [0.05, 0.1) is 6.04 Å². The molecule has 0 radical (unpaired) electrons. The van der Waals surface area contributed by atoms with Crippen LogP contribution in [0.4, 0.5) is 0 Å². The van der Waals surface area contributed by atoms with E-state index in [1.165, 1.54) is 11.1 Å². The predicted molar refractivity (Wildman–Crippen MR) is 89.5 cm³/mol. The maximum Gasteiger partial charge on any atom is 0.149 e. The lowest BCUT2D eigenvalue weighted by Crippen LogP contribution is -2.39. The number of nitrogens with zero attached hydrogens (tertiary/aromatic N) is 1. The Labute approximate surface area is 132 Å². The van der Waals surface area contributed by atoms with Crippen LogP contribution in [0.2, 0.25) is 0 Å². The van der Waals surface area contributed by atoms with Gasteiger partial charge in [0.25, 0.3) is 0 Å². The second-order valence-corrected chi connectivity index (χ2v) is 6.12. The normalized spacial score (nSPS) is 19.5. The first-order chi connectivity index (χ1) is 10.8. The van der Waals surface area contributed by atoms with Crippen LogP contribution in [0.1, 0.15) is 43.4 Å². The Morgan fingerprint density at radius 2 is 1.68 bits per heavy atom. The first-order valence-corrected chi connectivity index (χ1v) is 8.13. The largest absolute Gasteiger partial charge is 0.298 e. The number of carbonyl (C=O) groups excluding carboxylic acids is 1. The lowest BCUT2D eigenvalue weighted by molar-refractivity contribution is -0.123. The van der Waals surface area contributed by atoms with Crippen molar-refractivity contribution >= 4 is 5.78 Å². The quantitative estimate of drug-likeness (QED) is 0.816. The van der Waals surface area contributed by atoms with Gasteiger partial charge in [-0.1, -0.05) is 60.7 Å². The third kappa shape index (κ3) is 3.28. The van der Waals surface area contributed by atoms with E-state index in [4.69, 9.17) is 0 Å². The Bertz CT molecular complexity index is 608. The molecule has 1 aliphatic carbocycles. The summed E-state index contributed by atoms with van der Waals surface area (Å²) in [6.07, 6.45) is 2.75. The summed E-state index contributed by atoms with van der Waals surface area (Å²) in [7, 11) is 0. The highest BCUT2D eigenvalue weighted by Crippen LogP contribution is 2.30. The summed E-state index contributed by atoms with van der Waals surface area (Å²) in [5, 5.41) is 0. The van der Waals surface area contributed by atoms with Gasteiger partial charge in [-0.3, -0.25) is 9.69 Å². The number of benzene rings is 2. The minimum Gasteiger partial charge on any atom is -0.298 e. The van der Waals surface area contributed by atoms with E-state index in [9.17, 15) is 4.79 Å². The summed E-state index contributed by atoms with van der Waals surface area (Å²) in [5.41, 5.74) is 2.54. The molecule has 3 rings (SSSR count). The van der Waals surface area contributed by atoms with Crippen molar-refractivity contribution in [2.45, 2.75) is 44.8 Å². The van der Waals surface area contributed by atoms with Crippen LogP contribution in [0.3, 0.4) is 0 Å². The molecule has 0 unspecified atom stereocenters. The lowest BCUT2D eigenvalue weighted by atomic mass is 10.0. The lowest BCUT2D eigenvalue weighted by Gasteiger charge is -2.34. The van der Waals surface area contributed by atoms with Gasteiger partial charge >= 0.3 is 0 Å². The summed E-state index contributed by atoms with van der Waals surface area (Å²) in [4.78, 5) is 14.7. The standard InChI is InChI=1S/C20H23NO/c1-16(18-11-6-3-7-12-18)21(19-13-8-14-20(19)22)15-17-9-4-2-5-10-17/h2-7,9-12,16,19H,8,13-15H2,1H3/t16-,19-/m1/s1. The molecule has 0 aliphatic heterocycles. The van der Waals surface area contributed by atoms with Gasteiger partial charge in [0.15, 0.2) is 0 Å². The molecule has 1 saturated carbocycles. The summed E-state index contributed by atoms with van der Waals surface area (Å²) in [5.74, 6) is 0.402. The van der Waals surface area contributed by atoms with E-state index in [2.05, 4.69) is 60.4 Å². The molecule has 22 heavy (non-hydrogen) atoms. The van der Waals surface area contributed by atoms with Crippen LogP contribution in [-0.2, 0) is 11.3 Å². The van der Waals surface area contributed by atoms with Crippen molar-refractivity contribution in [3.8, 4) is 0 Å². The zero-order valence-electron chi connectivity index (χ0n) is 13.1. The molecule has 2 nitrogen and oxygen atoms in total. The van der Waals surface area contributed by atoms with Gasteiger partial charge in [-0.25, -0.2) is 0 Å². The number of rotatable bonds is 5. The van der Waals surface area contributed by atoms with Crippen LogP contribution in [0.5, 0.6) is 0 Å². The van der Waals surface area contributed by atoms with Crippen molar-refractivity contribution < 1.29 is 4.79 Å². The van der Waals surface area contributed by atoms with E-state index in [1.807, 2.05) is 12.1 Å². The van der Waals surface area contributed by atoms with Gasteiger partial charge in [-0.2, -0.15) is 0 Å². The molecule has 2 aromatic rings. The molecule has 0 aromatic heterocycles. The Morgan fingerprint density at radius 1 is 1.05 bits per heavy atom. The van der Waals surface area contributed by atoms with Gasteiger partial charge in [0, 0.05) is 19.0 Å². The number of Topliss-reactive ketones (excluding diaryl/α,β-unsaturated/α-hetero) is 1. The number of hydrogen-bond acceptors (Lipinski definition) is 2. The molecule has 0 amide bonds. The second kappa shape index (κ2) is 6.89. The van der Waals surface area contributed by atoms with Crippen molar-refractivity contribution in [1.82, 2.24) is 4.90 Å². The molecule has 1 aliphatic rings. The Hall–Kier alpha value is -1.93. The molecule has 2 aromatic carbocycles. The van der Waals surface area contributed by atoms with Crippen molar-refractivity contribution in [3.63, 3.8) is 0 Å². The topological polar surface area (TPSA) is 20.3 Å². The third-order valence-corrected chi connectivity index (χ3v) is 4.66. The fourth-order valence-corrected chi connectivity index (χ4v) is 3.38. The highest BCUT2D eigenvalue weighted by Gasteiger charge is 2.33. The minimum atomic E-state index is 0.0652. The molecule has 1 fully saturated rings. The van der Waals surface area contributed by atoms with E-state index in [1.54, 1.807) is 0 Å². The molecular formula is C20H23NO. The fourth-order valence-electron chi connectivity index (χ4n) is 3.38. The maximum absolute atomic E-state index is 12.3. The van der Waals surface area contributed by atoms with Crippen molar-refractivity contribution in [2.24, 2.45) is 0 Å².